The number of hydrogen-bond donors (Lipinski definition) is 0. The lowest BCUT2D eigenvalue weighted by molar-refractivity contribution is -0.130. The predicted octanol–water partition coefficient (Wildman–Crippen LogP) is 6.21. The average Bonchev–Trinajstić information content (AvgIpc) is 3.15. The van der Waals surface area contributed by atoms with Gasteiger partial charge in [0.15, 0.2) is 0 Å². The first-order valence-electron chi connectivity index (χ1n) is 10.7. The molecule has 0 spiro atoms. The van der Waals surface area contributed by atoms with Crippen LogP contribution in [0, 0.1) is 5.82 Å². The number of fused-ring (bicyclic) bond motifs is 1. The number of imide groups is 1. The van der Waals surface area contributed by atoms with E-state index in [1.54, 1.807) is 18.2 Å². The van der Waals surface area contributed by atoms with E-state index in [0.29, 0.717) is 22.7 Å². The Labute approximate surface area is 230 Å². The van der Waals surface area contributed by atoms with Gasteiger partial charge in [-0.1, -0.05) is 46.4 Å². The average molecular weight is 584 g/mol. The van der Waals surface area contributed by atoms with Gasteiger partial charge in [0.25, 0.3) is 17.7 Å². The molecular weight excluding hydrogens is 569 g/mol. The van der Waals surface area contributed by atoms with Gasteiger partial charge < -0.3 is 14.4 Å². The summed E-state index contributed by atoms with van der Waals surface area (Å²) in [4.78, 5) is 42.8. The van der Waals surface area contributed by atoms with Gasteiger partial charge in [-0.2, -0.15) is 0 Å². The van der Waals surface area contributed by atoms with Crippen LogP contribution in [0.4, 0.5) is 10.1 Å². The van der Waals surface area contributed by atoms with E-state index in [0.717, 1.165) is 4.90 Å². The van der Waals surface area contributed by atoms with Gasteiger partial charge in [-0.3, -0.25) is 19.3 Å². The predicted molar refractivity (Wildman–Crippen MR) is 137 cm³/mol. The summed E-state index contributed by atoms with van der Waals surface area (Å²) in [5.41, 5.74) is 0.308. The highest BCUT2D eigenvalue weighted by molar-refractivity contribution is 6.55. The van der Waals surface area contributed by atoms with Crippen LogP contribution in [-0.2, 0) is 4.79 Å². The van der Waals surface area contributed by atoms with Crippen molar-refractivity contribution in [2.24, 2.45) is 0 Å². The molecule has 190 valence electrons. The van der Waals surface area contributed by atoms with Crippen LogP contribution in [0.5, 0.6) is 11.5 Å². The van der Waals surface area contributed by atoms with E-state index < -0.39 is 35.6 Å². The summed E-state index contributed by atoms with van der Waals surface area (Å²) >= 11 is 24.8. The summed E-state index contributed by atoms with van der Waals surface area (Å²) in [5.74, 6) is -1.99. The standard InChI is InChI=1S/C25H15Cl4FN2O5/c1-36-12-7-8-14(37-2)13(9-12)21-22(25(35)31(21)11-5-3-10(30)4-6-11)32-23(33)15-16(24(32)34)18(27)20(29)19(28)17(15)26/h3-9,21-22H,1-2H3/t21-,22+/m0/s1. The number of methoxy groups -OCH3 is 2. The minimum absolute atomic E-state index is 0.186. The van der Waals surface area contributed by atoms with Crippen molar-refractivity contribution in [3.63, 3.8) is 0 Å². The maximum absolute atomic E-state index is 13.6. The lowest BCUT2D eigenvalue weighted by Crippen LogP contribution is -2.67. The smallest absolute Gasteiger partial charge is 0.264 e. The second kappa shape index (κ2) is 9.36. The van der Waals surface area contributed by atoms with E-state index in [1.165, 1.54) is 43.4 Å². The Morgan fingerprint density at radius 2 is 1.30 bits per heavy atom. The molecule has 2 aliphatic heterocycles. The SMILES string of the molecule is COc1ccc(OC)c([C@H]2[C@@H](N3C(=O)c4c(Cl)c(Cl)c(Cl)c(Cl)c4C3=O)C(=O)N2c2ccc(F)cc2)c1. The Bertz CT molecular complexity index is 1450. The Kier molecular flexibility index (Phi) is 6.48. The Hall–Kier alpha value is -3.04. The molecule has 3 aromatic rings. The quantitative estimate of drug-likeness (QED) is 0.154. The molecule has 37 heavy (non-hydrogen) atoms. The van der Waals surface area contributed by atoms with Crippen molar-refractivity contribution in [3.8, 4) is 11.5 Å². The van der Waals surface area contributed by atoms with Gasteiger partial charge in [-0.05, 0) is 42.5 Å². The van der Waals surface area contributed by atoms with Crippen molar-refractivity contribution in [1.29, 1.82) is 0 Å². The van der Waals surface area contributed by atoms with Gasteiger partial charge in [0.1, 0.15) is 23.4 Å². The number of amides is 3. The Morgan fingerprint density at radius 3 is 1.81 bits per heavy atom. The number of β-lactam (4-membered cyclic amide) rings is 1. The number of nitrogens with zero attached hydrogens (tertiary/aromatic N) is 2. The fourth-order valence-corrected chi connectivity index (χ4v) is 5.63. The topological polar surface area (TPSA) is 76.1 Å². The highest BCUT2D eigenvalue weighted by Gasteiger charge is 2.59. The summed E-state index contributed by atoms with van der Waals surface area (Å²) in [5, 5.41) is -0.864. The molecule has 12 heteroatoms. The maximum atomic E-state index is 13.6. The highest BCUT2D eigenvalue weighted by atomic mass is 35.5. The highest BCUT2D eigenvalue weighted by Crippen LogP contribution is 2.50. The molecule has 1 saturated heterocycles. The van der Waals surface area contributed by atoms with Crippen molar-refractivity contribution in [1.82, 2.24) is 4.90 Å². The second-order valence-corrected chi connectivity index (χ2v) is 9.68. The van der Waals surface area contributed by atoms with E-state index in [9.17, 15) is 18.8 Å². The van der Waals surface area contributed by atoms with E-state index in [-0.39, 0.29) is 31.2 Å². The molecule has 2 aliphatic rings. The van der Waals surface area contributed by atoms with Crippen molar-refractivity contribution in [3.05, 3.63) is 85.1 Å². The van der Waals surface area contributed by atoms with Crippen LogP contribution in [-0.4, -0.2) is 42.9 Å². The van der Waals surface area contributed by atoms with Gasteiger partial charge in [0.05, 0.1) is 51.5 Å². The Balaban J connectivity index is 1.68. The van der Waals surface area contributed by atoms with Gasteiger partial charge >= 0.3 is 0 Å². The summed E-state index contributed by atoms with van der Waals surface area (Å²) in [6.07, 6.45) is 0. The third kappa shape index (κ3) is 3.74. The van der Waals surface area contributed by atoms with Gasteiger partial charge in [-0.15, -0.1) is 0 Å². The molecule has 0 aromatic heterocycles. The van der Waals surface area contributed by atoms with E-state index in [2.05, 4.69) is 0 Å². The minimum Gasteiger partial charge on any atom is -0.497 e. The maximum Gasteiger partial charge on any atom is 0.264 e. The zero-order valence-corrected chi connectivity index (χ0v) is 22.0. The molecule has 0 unspecified atom stereocenters. The number of benzene rings is 3. The molecule has 5 rings (SSSR count). The molecule has 0 saturated carbocycles. The summed E-state index contributed by atoms with van der Waals surface area (Å²) in [7, 11) is 2.91. The lowest BCUT2D eigenvalue weighted by Gasteiger charge is -2.50. The van der Waals surface area contributed by atoms with Crippen LogP contribution >= 0.6 is 46.4 Å². The molecule has 7 nitrogen and oxygen atoms in total. The molecule has 0 N–H and O–H groups in total. The first-order chi connectivity index (χ1) is 17.6. The van der Waals surface area contributed by atoms with Crippen LogP contribution in [0.1, 0.15) is 32.3 Å². The number of anilines is 1. The van der Waals surface area contributed by atoms with Crippen LogP contribution < -0.4 is 14.4 Å². The molecule has 3 aromatic carbocycles. The molecule has 0 radical (unpaired) electrons. The molecule has 3 amide bonds. The molecule has 1 fully saturated rings. The number of halogens is 5. The molecule has 0 aliphatic carbocycles. The van der Waals surface area contributed by atoms with Crippen molar-refractivity contribution < 1.29 is 28.2 Å². The van der Waals surface area contributed by atoms with E-state index in [4.69, 9.17) is 55.9 Å². The van der Waals surface area contributed by atoms with Gasteiger partial charge in [-0.25, -0.2) is 4.39 Å². The Morgan fingerprint density at radius 1 is 0.730 bits per heavy atom. The van der Waals surface area contributed by atoms with Crippen molar-refractivity contribution in [2.75, 3.05) is 19.1 Å². The number of rotatable bonds is 5. The number of ether oxygens (including phenoxy) is 2. The molecule has 0 bridgehead atoms. The first-order valence-corrected chi connectivity index (χ1v) is 12.2. The molecular formula is C25H15Cl4FN2O5. The number of carbonyl (C=O) groups excluding carboxylic acids is 3. The van der Waals surface area contributed by atoms with Gasteiger partial charge in [0, 0.05) is 11.3 Å². The zero-order valence-electron chi connectivity index (χ0n) is 19.0. The lowest BCUT2D eigenvalue weighted by atomic mass is 9.85. The van der Waals surface area contributed by atoms with Crippen LogP contribution in [0.2, 0.25) is 20.1 Å². The monoisotopic (exact) mass is 582 g/mol. The number of carbonyl (C=O) groups is 3. The summed E-state index contributed by atoms with van der Waals surface area (Å²) in [6.45, 7) is 0. The van der Waals surface area contributed by atoms with E-state index in [1.807, 2.05) is 0 Å². The van der Waals surface area contributed by atoms with Crippen molar-refractivity contribution in [2.45, 2.75) is 12.1 Å². The van der Waals surface area contributed by atoms with Gasteiger partial charge in [0.2, 0.25) is 0 Å². The fraction of sp³-hybridized carbons (Fsp3) is 0.160. The molecule has 2 heterocycles. The van der Waals surface area contributed by atoms with Crippen molar-refractivity contribution >= 4 is 69.8 Å². The fourth-order valence-electron chi connectivity index (χ4n) is 4.61. The first kappa shape index (κ1) is 25.6. The van der Waals surface area contributed by atoms with E-state index >= 15 is 0 Å². The van der Waals surface area contributed by atoms with Crippen LogP contribution in [0.25, 0.3) is 0 Å². The summed E-state index contributed by atoms with van der Waals surface area (Å²) < 4.78 is 24.5. The normalized spacial score (nSPS) is 18.7. The summed E-state index contributed by atoms with van der Waals surface area (Å²) in [6, 6.07) is 7.90. The third-order valence-corrected chi connectivity index (χ3v) is 8.14. The zero-order chi connectivity index (χ0) is 26.8. The minimum atomic E-state index is -1.32. The van der Waals surface area contributed by atoms with Crippen LogP contribution in [0.15, 0.2) is 42.5 Å². The second-order valence-electron chi connectivity index (χ2n) is 8.17. The van der Waals surface area contributed by atoms with Crippen LogP contribution in [0.3, 0.4) is 0 Å². The molecule has 2 atom stereocenters. The largest absolute Gasteiger partial charge is 0.497 e. The third-order valence-electron chi connectivity index (χ3n) is 6.34. The number of hydrogen-bond acceptors (Lipinski definition) is 5.